The third-order valence-corrected chi connectivity index (χ3v) is 2.34. The lowest BCUT2D eigenvalue weighted by Gasteiger charge is -2.16. The van der Waals surface area contributed by atoms with E-state index in [2.05, 4.69) is 19.9 Å². The maximum Gasteiger partial charge on any atom is 0.246 e. The van der Waals surface area contributed by atoms with Crippen molar-refractivity contribution in [3.8, 4) is 11.5 Å². The van der Waals surface area contributed by atoms with Crippen LogP contribution in [-0.2, 0) is 0 Å². The Morgan fingerprint density at radius 2 is 1.77 bits per heavy atom. The smallest absolute Gasteiger partial charge is 0.246 e. The van der Waals surface area contributed by atoms with Crippen LogP contribution in [-0.4, -0.2) is 5.79 Å². The van der Waals surface area contributed by atoms with Crippen molar-refractivity contribution in [3.05, 3.63) is 23.3 Å². The van der Waals surface area contributed by atoms with Crippen LogP contribution in [0.5, 0.6) is 11.5 Å². The second-order valence-corrected chi connectivity index (χ2v) is 3.94. The van der Waals surface area contributed by atoms with Crippen molar-refractivity contribution < 1.29 is 9.47 Å². The molecule has 70 valence electrons. The normalized spacial score (nSPS) is 17.5. The minimum atomic E-state index is -0.513. The second-order valence-electron chi connectivity index (χ2n) is 3.94. The Hall–Kier alpha value is -1.18. The molecule has 2 heteroatoms. The molecule has 0 atom stereocenters. The quantitative estimate of drug-likeness (QED) is 0.608. The Morgan fingerprint density at radius 3 is 2.46 bits per heavy atom. The van der Waals surface area contributed by atoms with E-state index < -0.39 is 5.79 Å². The van der Waals surface area contributed by atoms with Crippen LogP contribution in [0.2, 0.25) is 0 Å². The summed E-state index contributed by atoms with van der Waals surface area (Å²) in [5.74, 6) is 1.24. The maximum atomic E-state index is 5.68. The van der Waals surface area contributed by atoms with E-state index in [1.807, 2.05) is 19.9 Å². The third-order valence-electron chi connectivity index (χ3n) is 2.34. The molecule has 0 radical (unpaired) electrons. The van der Waals surface area contributed by atoms with Crippen LogP contribution in [0, 0.1) is 13.8 Å². The Kier molecular flexibility index (Phi) is 1.56. The van der Waals surface area contributed by atoms with Crippen LogP contribution >= 0.6 is 0 Å². The van der Waals surface area contributed by atoms with Crippen molar-refractivity contribution in [2.75, 3.05) is 0 Å². The molecule has 0 unspecified atom stereocenters. The van der Waals surface area contributed by atoms with E-state index in [1.54, 1.807) is 0 Å². The highest BCUT2D eigenvalue weighted by Crippen LogP contribution is 2.42. The molecule has 2 nitrogen and oxygen atoms in total. The molecule has 13 heavy (non-hydrogen) atoms. The Labute approximate surface area is 78.5 Å². The molecule has 0 amide bonds. The average Bonchev–Trinajstić information content (AvgIpc) is 2.34. The van der Waals surface area contributed by atoms with Gasteiger partial charge in [0.25, 0.3) is 0 Å². The number of fused-ring (bicyclic) bond motifs is 1. The molecule has 1 aliphatic rings. The van der Waals surface area contributed by atoms with Gasteiger partial charge in [-0.1, -0.05) is 6.07 Å². The minimum Gasteiger partial charge on any atom is -0.449 e. The summed E-state index contributed by atoms with van der Waals surface area (Å²) in [5.41, 5.74) is 2.41. The minimum absolute atomic E-state index is 0.513. The zero-order valence-corrected chi connectivity index (χ0v) is 8.47. The molecular weight excluding hydrogens is 164 g/mol. The first kappa shape index (κ1) is 8.42. The second kappa shape index (κ2) is 2.41. The number of hydrogen-bond acceptors (Lipinski definition) is 2. The molecule has 0 fully saturated rings. The summed E-state index contributed by atoms with van der Waals surface area (Å²) in [4.78, 5) is 0. The molecule has 0 aliphatic carbocycles. The van der Waals surface area contributed by atoms with E-state index in [-0.39, 0.29) is 0 Å². The van der Waals surface area contributed by atoms with E-state index in [9.17, 15) is 0 Å². The van der Waals surface area contributed by atoms with Crippen molar-refractivity contribution in [1.82, 2.24) is 0 Å². The Bertz CT molecular complexity index is 353. The first-order valence-electron chi connectivity index (χ1n) is 4.48. The van der Waals surface area contributed by atoms with Gasteiger partial charge >= 0.3 is 0 Å². The number of benzene rings is 1. The largest absolute Gasteiger partial charge is 0.449 e. The summed E-state index contributed by atoms with van der Waals surface area (Å²) < 4.78 is 11.3. The first-order valence-corrected chi connectivity index (χ1v) is 4.48. The molecule has 1 aliphatic heterocycles. The van der Waals surface area contributed by atoms with Gasteiger partial charge in [0.1, 0.15) is 0 Å². The molecule has 1 aromatic carbocycles. The fourth-order valence-electron chi connectivity index (χ4n) is 1.50. The third kappa shape index (κ3) is 1.26. The van der Waals surface area contributed by atoms with Crippen molar-refractivity contribution in [1.29, 1.82) is 0 Å². The molecule has 1 heterocycles. The fourth-order valence-corrected chi connectivity index (χ4v) is 1.50. The molecule has 0 saturated carbocycles. The van der Waals surface area contributed by atoms with Gasteiger partial charge in [0.15, 0.2) is 11.5 Å². The SMILES string of the molecule is Cc1ccc2c(c1C)OC(C)(C)O2. The fraction of sp³-hybridized carbons (Fsp3) is 0.455. The topological polar surface area (TPSA) is 18.5 Å². The molecule has 0 aromatic heterocycles. The standard InChI is InChI=1S/C11H14O2/c1-7-5-6-9-10(8(7)2)13-11(3,4)12-9/h5-6H,1-4H3. The van der Waals surface area contributed by atoms with E-state index >= 15 is 0 Å². The number of hydrogen-bond donors (Lipinski definition) is 0. The van der Waals surface area contributed by atoms with Gasteiger partial charge in [-0.3, -0.25) is 0 Å². The van der Waals surface area contributed by atoms with Crippen molar-refractivity contribution in [2.24, 2.45) is 0 Å². The van der Waals surface area contributed by atoms with Crippen molar-refractivity contribution in [3.63, 3.8) is 0 Å². The van der Waals surface area contributed by atoms with E-state index in [0.717, 1.165) is 11.5 Å². The van der Waals surface area contributed by atoms with Crippen LogP contribution in [0.3, 0.4) is 0 Å². The number of rotatable bonds is 0. The molecule has 0 saturated heterocycles. The van der Waals surface area contributed by atoms with Crippen molar-refractivity contribution >= 4 is 0 Å². The van der Waals surface area contributed by atoms with Crippen LogP contribution < -0.4 is 9.47 Å². The van der Waals surface area contributed by atoms with Gasteiger partial charge in [0.2, 0.25) is 5.79 Å². The summed E-state index contributed by atoms with van der Waals surface area (Å²) in [6.45, 7) is 7.97. The van der Waals surface area contributed by atoms with E-state index in [4.69, 9.17) is 9.47 Å². The zero-order valence-electron chi connectivity index (χ0n) is 8.47. The Morgan fingerprint density at radius 1 is 1.08 bits per heavy atom. The predicted octanol–water partition coefficient (Wildman–Crippen LogP) is 2.81. The van der Waals surface area contributed by atoms with Crippen molar-refractivity contribution in [2.45, 2.75) is 33.5 Å². The van der Waals surface area contributed by atoms with Crippen LogP contribution in [0.4, 0.5) is 0 Å². The summed E-state index contributed by atoms with van der Waals surface area (Å²) in [6, 6.07) is 4.02. The number of aryl methyl sites for hydroxylation is 1. The lowest BCUT2D eigenvalue weighted by molar-refractivity contribution is -0.0434. The van der Waals surface area contributed by atoms with E-state index in [1.165, 1.54) is 11.1 Å². The van der Waals surface area contributed by atoms with Gasteiger partial charge in [-0.2, -0.15) is 0 Å². The molecular formula is C11H14O2. The molecule has 0 spiro atoms. The monoisotopic (exact) mass is 178 g/mol. The summed E-state index contributed by atoms with van der Waals surface area (Å²) in [5, 5.41) is 0. The summed E-state index contributed by atoms with van der Waals surface area (Å²) >= 11 is 0. The summed E-state index contributed by atoms with van der Waals surface area (Å²) in [6.07, 6.45) is 0. The Balaban J connectivity index is 2.53. The van der Waals surface area contributed by atoms with Gasteiger partial charge in [-0.15, -0.1) is 0 Å². The average molecular weight is 178 g/mol. The van der Waals surface area contributed by atoms with Crippen LogP contribution in [0.25, 0.3) is 0 Å². The molecule has 0 N–H and O–H groups in total. The highest BCUT2D eigenvalue weighted by Gasteiger charge is 2.32. The lowest BCUT2D eigenvalue weighted by Crippen LogP contribution is -2.29. The van der Waals surface area contributed by atoms with Gasteiger partial charge in [0.05, 0.1) is 0 Å². The van der Waals surface area contributed by atoms with Gasteiger partial charge in [-0.25, -0.2) is 0 Å². The lowest BCUT2D eigenvalue weighted by atomic mass is 10.1. The molecule has 2 rings (SSSR count). The maximum absolute atomic E-state index is 5.68. The predicted molar refractivity (Wildman–Crippen MR) is 51.3 cm³/mol. The molecule has 0 bridgehead atoms. The highest BCUT2D eigenvalue weighted by molar-refractivity contribution is 5.51. The first-order chi connectivity index (χ1) is 5.99. The van der Waals surface area contributed by atoms with Gasteiger partial charge in [0, 0.05) is 13.8 Å². The van der Waals surface area contributed by atoms with Crippen LogP contribution in [0.15, 0.2) is 12.1 Å². The van der Waals surface area contributed by atoms with Gasteiger partial charge in [-0.05, 0) is 31.0 Å². The molecule has 1 aromatic rings. The zero-order chi connectivity index (χ0) is 9.64. The highest BCUT2D eigenvalue weighted by atomic mass is 16.7. The number of ether oxygens (including phenoxy) is 2. The van der Waals surface area contributed by atoms with Gasteiger partial charge < -0.3 is 9.47 Å². The summed E-state index contributed by atoms with van der Waals surface area (Å²) in [7, 11) is 0. The van der Waals surface area contributed by atoms with E-state index in [0.29, 0.717) is 0 Å². The van der Waals surface area contributed by atoms with Crippen LogP contribution in [0.1, 0.15) is 25.0 Å².